The molecule has 6 heteroatoms. The molecule has 0 bridgehead atoms. The minimum Gasteiger partial charge on any atom is -0.479 e. The van der Waals surface area contributed by atoms with Crippen LogP contribution < -0.4 is 20.7 Å². The maximum absolute atomic E-state index is 5.95. The molecule has 20 heavy (non-hydrogen) atoms. The van der Waals surface area contributed by atoms with Crippen LogP contribution >= 0.6 is 0 Å². The summed E-state index contributed by atoms with van der Waals surface area (Å²) >= 11 is 0. The molecule has 3 N–H and O–H groups in total. The van der Waals surface area contributed by atoms with Crippen LogP contribution in [0.15, 0.2) is 24.5 Å². The molecule has 0 aliphatic heterocycles. The zero-order chi connectivity index (χ0) is 14.7. The fourth-order valence-electron chi connectivity index (χ4n) is 1.95. The van der Waals surface area contributed by atoms with Gasteiger partial charge in [0, 0.05) is 25.5 Å². The molecule has 0 amide bonds. The molecule has 2 rings (SSSR count). The van der Waals surface area contributed by atoms with Gasteiger partial charge in [-0.15, -0.1) is 0 Å². The number of rotatable bonds is 4. The van der Waals surface area contributed by atoms with Crippen LogP contribution in [0.3, 0.4) is 0 Å². The van der Waals surface area contributed by atoms with Crippen molar-refractivity contribution in [3.8, 4) is 5.88 Å². The monoisotopic (exact) mass is 273 g/mol. The van der Waals surface area contributed by atoms with Gasteiger partial charge in [0.15, 0.2) is 5.82 Å². The van der Waals surface area contributed by atoms with E-state index < -0.39 is 0 Å². The van der Waals surface area contributed by atoms with E-state index in [2.05, 4.69) is 27.1 Å². The van der Waals surface area contributed by atoms with Crippen molar-refractivity contribution in [2.45, 2.75) is 6.92 Å². The Bertz CT molecular complexity index is 613. The van der Waals surface area contributed by atoms with Crippen molar-refractivity contribution < 1.29 is 4.74 Å². The summed E-state index contributed by atoms with van der Waals surface area (Å²) in [5.41, 5.74) is 9.58. The van der Waals surface area contributed by atoms with Gasteiger partial charge in [-0.05, 0) is 24.6 Å². The molecule has 0 fully saturated rings. The van der Waals surface area contributed by atoms with Gasteiger partial charge in [0.1, 0.15) is 12.0 Å². The summed E-state index contributed by atoms with van der Waals surface area (Å²) in [5, 5.41) is 3.19. The quantitative estimate of drug-likeness (QED) is 0.889. The van der Waals surface area contributed by atoms with Gasteiger partial charge in [-0.25, -0.2) is 4.98 Å². The van der Waals surface area contributed by atoms with E-state index in [0.29, 0.717) is 17.4 Å². The van der Waals surface area contributed by atoms with Crippen molar-refractivity contribution in [3.05, 3.63) is 30.1 Å². The Morgan fingerprint density at radius 1 is 1.25 bits per heavy atom. The molecule has 0 spiro atoms. The molecule has 6 nitrogen and oxygen atoms in total. The predicted octanol–water partition coefficient (Wildman–Crippen LogP) is 2.19. The predicted molar refractivity (Wildman–Crippen MR) is 81.8 cm³/mol. The second kappa shape index (κ2) is 5.64. The van der Waals surface area contributed by atoms with Crippen LogP contribution in [0.5, 0.6) is 5.88 Å². The Morgan fingerprint density at radius 3 is 2.65 bits per heavy atom. The van der Waals surface area contributed by atoms with E-state index in [4.69, 9.17) is 10.5 Å². The topological polar surface area (TPSA) is 76.3 Å². The molecule has 0 radical (unpaired) electrons. The summed E-state index contributed by atoms with van der Waals surface area (Å²) in [7, 11) is 5.54. The second-order valence-corrected chi connectivity index (χ2v) is 4.67. The van der Waals surface area contributed by atoms with E-state index in [9.17, 15) is 0 Å². The third kappa shape index (κ3) is 2.74. The maximum atomic E-state index is 5.95. The molecular formula is C14H19N5O. The number of nitrogens with two attached hydrogens (primary N) is 1. The number of benzene rings is 1. The van der Waals surface area contributed by atoms with Gasteiger partial charge in [0.2, 0.25) is 5.88 Å². The summed E-state index contributed by atoms with van der Waals surface area (Å²) < 4.78 is 5.08. The first-order valence-electron chi connectivity index (χ1n) is 6.22. The smallest absolute Gasteiger partial charge is 0.242 e. The Balaban J connectivity index is 2.33. The van der Waals surface area contributed by atoms with Crippen LogP contribution in [0.2, 0.25) is 0 Å². The van der Waals surface area contributed by atoms with Gasteiger partial charge in [0.05, 0.1) is 7.11 Å². The van der Waals surface area contributed by atoms with E-state index in [0.717, 1.165) is 11.4 Å². The molecule has 106 valence electrons. The number of hydrogen-bond acceptors (Lipinski definition) is 6. The van der Waals surface area contributed by atoms with Gasteiger partial charge < -0.3 is 20.7 Å². The highest BCUT2D eigenvalue weighted by Gasteiger charge is 2.09. The number of ether oxygens (including phenoxy) is 1. The zero-order valence-corrected chi connectivity index (χ0v) is 12.1. The fraction of sp³-hybridized carbons (Fsp3) is 0.286. The Kier molecular flexibility index (Phi) is 3.93. The van der Waals surface area contributed by atoms with Gasteiger partial charge in [0.25, 0.3) is 0 Å². The zero-order valence-electron chi connectivity index (χ0n) is 12.1. The minimum atomic E-state index is 0.363. The molecule has 1 heterocycles. The van der Waals surface area contributed by atoms with E-state index in [1.54, 1.807) is 0 Å². The second-order valence-electron chi connectivity index (χ2n) is 4.67. The first-order chi connectivity index (χ1) is 9.52. The molecule has 0 unspecified atom stereocenters. The Morgan fingerprint density at radius 2 is 2.00 bits per heavy atom. The van der Waals surface area contributed by atoms with Crippen LogP contribution in [0.25, 0.3) is 0 Å². The average Bonchev–Trinajstić information content (AvgIpc) is 2.43. The Labute approximate surface area is 118 Å². The van der Waals surface area contributed by atoms with Crippen LogP contribution in [0, 0.1) is 6.92 Å². The van der Waals surface area contributed by atoms with Gasteiger partial charge in [-0.1, -0.05) is 6.07 Å². The number of nitrogens with one attached hydrogen (secondary N) is 1. The summed E-state index contributed by atoms with van der Waals surface area (Å²) in [6.45, 7) is 2.07. The molecule has 0 aliphatic carbocycles. The Hall–Kier alpha value is -2.50. The average molecular weight is 273 g/mol. The lowest BCUT2D eigenvalue weighted by molar-refractivity contribution is 0.399. The van der Waals surface area contributed by atoms with Crippen molar-refractivity contribution in [1.82, 2.24) is 9.97 Å². The highest BCUT2D eigenvalue weighted by atomic mass is 16.5. The lowest BCUT2D eigenvalue weighted by Crippen LogP contribution is -2.10. The van der Waals surface area contributed by atoms with E-state index in [1.165, 1.54) is 19.0 Å². The summed E-state index contributed by atoms with van der Waals surface area (Å²) in [6.07, 6.45) is 1.42. The van der Waals surface area contributed by atoms with Gasteiger partial charge in [-0.2, -0.15) is 4.98 Å². The van der Waals surface area contributed by atoms with E-state index in [1.807, 2.05) is 32.3 Å². The van der Waals surface area contributed by atoms with Gasteiger partial charge in [-0.3, -0.25) is 0 Å². The number of aryl methyl sites for hydroxylation is 1. The van der Waals surface area contributed by atoms with Crippen molar-refractivity contribution >= 4 is 22.9 Å². The first kappa shape index (κ1) is 13.9. The molecule has 1 aromatic carbocycles. The number of hydrogen-bond donors (Lipinski definition) is 2. The fourth-order valence-corrected chi connectivity index (χ4v) is 1.95. The molecule has 0 saturated carbocycles. The molecule has 2 aromatic rings. The van der Waals surface area contributed by atoms with E-state index >= 15 is 0 Å². The highest BCUT2D eigenvalue weighted by molar-refractivity contribution is 5.74. The number of nitrogen functional groups attached to an aromatic ring is 1. The molecule has 0 atom stereocenters. The minimum absolute atomic E-state index is 0.363. The molecule has 0 aliphatic rings. The third-order valence-corrected chi connectivity index (χ3v) is 2.99. The first-order valence-corrected chi connectivity index (χ1v) is 6.22. The maximum Gasteiger partial charge on any atom is 0.242 e. The highest BCUT2D eigenvalue weighted by Crippen LogP contribution is 2.29. The summed E-state index contributed by atoms with van der Waals surface area (Å²) in [5.74, 6) is 0.896. The van der Waals surface area contributed by atoms with E-state index in [-0.39, 0.29) is 0 Å². The lowest BCUT2D eigenvalue weighted by Gasteiger charge is -2.17. The van der Waals surface area contributed by atoms with Crippen LogP contribution in [-0.4, -0.2) is 31.2 Å². The molecular weight excluding hydrogens is 254 g/mol. The number of aromatic nitrogens is 2. The lowest BCUT2D eigenvalue weighted by atomic mass is 10.1. The number of anilines is 4. The normalized spacial score (nSPS) is 10.2. The number of methoxy groups -OCH3 is 1. The molecule has 0 saturated heterocycles. The van der Waals surface area contributed by atoms with Crippen molar-refractivity contribution in [3.63, 3.8) is 0 Å². The third-order valence-electron chi connectivity index (χ3n) is 2.99. The molecule has 1 aromatic heterocycles. The van der Waals surface area contributed by atoms with Crippen molar-refractivity contribution in [2.24, 2.45) is 0 Å². The van der Waals surface area contributed by atoms with Crippen LogP contribution in [-0.2, 0) is 0 Å². The van der Waals surface area contributed by atoms with Crippen LogP contribution in [0.1, 0.15) is 5.56 Å². The van der Waals surface area contributed by atoms with Crippen LogP contribution in [0.4, 0.5) is 22.9 Å². The summed E-state index contributed by atoms with van der Waals surface area (Å²) in [6, 6.07) is 6.08. The SMILES string of the molecule is COc1ncnc(Nc2ccc(C)c(N(C)C)c2)c1N. The van der Waals surface area contributed by atoms with Crippen molar-refractivity contribution in [1.29, 1.82) is 0 Å². The standard InChI is InChI=1S/C14H19N5O/c1-9-5-6-10(7-11(9)19(2)3)18-13-12(15)14(20-4)17-8-16-13/h5-8H,15H2,1-4H3,(H,16,17,18). The number of nitrogens with zero attached hydrogens (tertiary/aromatic N) is 3. The summed E-state index contributed by atoms with van der Waals surface area (Å²) in [4.78, 5) is 10.2. The largest absolute Gasteiger partial charge is 0.479 e. The van der Waals surface area contributed by atoms with Crippen molar-refractivity contribution in [2.75, 3.05) is 37.2 Å². The van der Waals surface area contributed by atoms with Gasteiger partial charge >= 0.3 is 0 Å².